The average molecular weight is 474 g/mol. The number of nitrogens with zero attached hydrogens (tertiary/aromatic N) is 1. The van der Waals surface area contributed by atoms with Gasteiger partial charge in [-0.15, -0.1) is 0 Å². The van der Waals surface area contributed by atoms with Crippen molar-refractivity contribution in [2.75, 3.05) is 11.3 Å². The van der Waals surface area contributed by atoms with E-state index in [0.717, 1.165) is 22.3 Å². The van der Waals surface area contributed by atoms with Gasteiger partial charge in [0.05, 0.1) is 0 Å². The fraction of sp³-hybridized carbons (Fsp3) is 0.217. The standard InChI is InChI=1S/C23H24ClN3O4S/c24-21-4-6-22(7-5-21)27-32(30,31)26-11-9-18-12-17(3-8-23(28)29)13-20(14-18)15-19-2-1-10-25-16-19/h1-2,4-7,10,12-14,16,26-27H,3,8-9,11,15H2,(H,28,29). The molecule has 0 amide bonds. The predicted octanol–water partition coefficient (Wildman–Crippen LogP) is 3.83. The highest BCUT2D eigenvalue weighted by Crippen LogP contribution is 2.17. The molecule has 0 radical (unpaired) electrons. The number of nitrogens with one attached hydrogen (secondary N) is 2. The van der Waals surface area contributed by atoms with Crippen LogP contribution in [0.25, 0.3) is 0 Å². The molecule has 1 aromatic heterocycles. The molecule has 0 aliphatic rings. The second-order valence-electron chi connectivity index (χ2n) is 7.35. The SMILES string of the molecule is O=C(O)CCc1cc(CCNS(=O)(=O)Nc2ccc(Cl)cc2)cc(Cc2cccnc2)c1. The summed E-state index contributed by atoms with van der Waals surface area (Å²) in [5.41, 5.74) is 4.32. The Labute approximate surface area is 192 Å². The number of halogens is 1. The molecule has 9 heteroatoms. The predicted molar refractivity (Wildman–Crippen MR) is 125 cm³/mol. The molecule has 1 heterocycles. The molecule has 2 aromatic carbocycles. The van der Waals surface area contributed by atoms with E-state index < -0.39 is 16.2 Å². The lowest BCUT2D eigenvalue weighted by Crippen LogP contribution is -2.31. The zero-order chi connectivity index (χ0) is 23.0. The van der Waals surface area contributed by atoms with Crippen LogP contribution in [-0.4, -0.2) is 31.0 Å². The van der Waals surface area contributed by atoms with Crippen molar-refractivity contribution in [2.24, 2.45) is 0 Å². The van der Waals surface area contributed by atoms with Crippen molar-refractivity contribution in [1.29, 1.82) is 0 Å². The minimum Gasteiger partial charge on any atom is -0.481 e. The fourth-order valence-electron chi connectivity index (χ4n) is 3.26. The van der Waals surface area contributed by atoms with Crippen molar-refractivity contribution in [3.63, 3.8) is 0 Å². The lowest BCUT2D eigenvalue weighted by Gasteiger charge is -2.12. The minimum absolute atomic E-state index is 0.0351. The molecule has 168 valence electrons. The number of aromatic nitrogens is 1. The average Bonchev–Trinajstić information content (AvgIpc) is 2.74. The van der Waals surface area contributed by atoms with E-state index in [1.165, 1.54) is 0 Å². The number of carboxylic acid groups (broad SMARTS) is 1. The molecular formula is C23H24ClN3O4S. The van der Waals surface area contributed by atoms with E-state index in [1.54, 1.807) is 36.7 Å². The van der Waals surface area contributed by atoms with Crippen LogP contribution in [0.1, 0.15) is 28.7 Å². The zero-order valence-electron chi connectivity index (χ0n) is 17.3. The normalized spacial score (nSPS) is 11.3. The van der Waals surface area contributed by atoms with Gasteiger partial charge in [0, 0.05) is 36.1 Å². The van der Waals surface area contributed by atoms with Gasteiger partial charge < -0.3 is 5.11 Å². The summed E-state index contributed by atoms with van der Waals surface area (Å²) in [6.07, 6.45) is 5.07. The maximum atomic E-state index is 12.3. The molecule has 0 aliphatic heterocycles. The molecule has 0 atom stereocenters. The molecule has 3 N–H and O–H groups in total. The molecule has 3 rings (SSSR count). The number of carbonyl (C=O) groups is 1. The summed E-state index contributed by atoms with van der Waals surface area (Å²) < 4.78 is 29.6. The topological polar surface area (TPSA) is 108 Å². The smallest absolute Gasteiger partial charge is 0.303 e. The molecule has 0 bridgehead atoms. The van der Waals surface area contributed by atoms with E-state index in [-0.39, 0.29) is 13.0 Å². The van der Waals surface area contributed by atoms with Crippen molar-refractivity contribution in [3.05, 3.63) is 94.3 Å². The van der Waals surface area contributed by atoms with Gasteiger partial charge in [-0.1, -0.05) is 35.9 Å². The van der Waals surface area contributed by atoms with E-state index in [2.05, 4.69) is 14.4 Å². The Bertz CT molecular complexity index is 1150. The van der Waals surface area contributed by atoms with E-state index in [4.69, 9.17) is 16.7 Å². The van der Waals surface area contributed by atoms with Gasteiger partial charge in [-0.3, -0.25) is 14.5 Å². The Balaban J connectivity index is 1.66. The second-order valence-corrected chi connectivity index (χ2v) is 9.28. The van der Waals surface area contributed by atoms with Crippen molar-refractivity contribution in [2.45, 2.75) is 25.7 Å². The maximum Gasteiger partial charge on any atom is 0.303 e. The fourth-order valence-corrected chi connectivity index (χ4v) is 4.27. The monoisotopic (exact) mass is 473 g/mol. The third-order valence-electron chi connectivity index (χ3n) is 4.67. The summed E-state index contributed by atoms with van der Waals surface area (Å²) in [4.78, 5) is 15.1. The van der Waals surface area contributed by atoms with Gasteiger partial charge in [0.15, 0.2) is 0 Å². The first-order valence-corrected chi connectivity index (χ1v) is 11.9. The summed E-state index contributed by atoms with van der Waals surface area (Å²) in [5.74, 6) is -0.856. The van der Waals surface area contributed by atoms with E-state index in [9.17, 15) is 13.2 Å². The van der Waals surface area contributed by atoms with Crippen LogP contribution in [0, 0.1) is 0 Å². The summed E-state index contributed by atoms with van der Waals surface area (Å²) >= 11 is 5.82. The van der Waals surface area contributed by atoms with Crippen LogP contribution in [0.4, 0.5) is 5.69 Å². The van der Waals surface area contributed by atoms with Crippen LogP contribution < -0.4 is 9.44 Å². The Morgan fingerprint density at radius 1 is 0.969 bits per heavy atom. The molecular weight excluding hydrogens is 450 g/mol. The number of anilines is 1. The number of pyridine rings is 1. The molecule has 0 fully saturated rings. The summed E-state index contributed by atoms with van der Waals surface area (Å²) in [5, 5.41) is 9.54. The van der Waals surface area contributed by atoms with Gasteiger partial charge in [0.2, 0.25) is 0 Å². The first-order chi connectivity index (χ1) is 15.3. The summed E-state index contributed by atoms with van der Waals surface area (Å²) in [6.45, 7) is 0.192. The lowest BCUT2D eigenvalue weighted by atomic mass is 9.97. The van der Waals surface area contributed by atoms with Crippen molar-refractivity contribution in [1.82, 2.24) is 9.71 Å². The number of hydrogen-bond acceptors (Lipinski definition) is 4. The lowest BCUT2D eigenvalue weighted by molar-refractivity contribution is -0.136. The zero-order valence-corrected chi connectivity index (χ0v) is 18.9. The van der Waals surface area contributed by atoms with Crippen LogP contribution in [0.15, 0.2) is 67.0 Å². The van der Waals surface area contributed by atoms with Crippen molar-refractivity contribution >= 4 is 33.5 Å². The molecule has 0 unspecified atom stereocenters. The quantitative estimate of drug-likeness (QED) is 0.392. The molecule has 0 saturated carbocycles. The van der Waals surface area contributed by atoms with Crippen LogP contribution >= 0.6 is 11.6 Å². The van der Waals surface area contributed by atoms with E-state index in [0.29, 0.717) is 30.0 Å². The third-order valence-corrected chi connectivity index (χ3v) is 6.01. The van der Waals surface area contributed by atoms with Gasteiger partial charge in [0.1, 0.15) is 0 Å². The Kier molecular flexibility index (Phi) is 8.21. The molecule has 0 saturated heterocycles. The molecule has 0 spiro atoms. The number of aryl methyl sites for hydroxylation is 1. The number of rotatable bonds is 11. The number of carboxylic acids is 1. The van der Waals surface area contributed by atoms with E-state index in [1.807, 2.05) is 30.3 Å². The summed E-state index contributed by atoms with van der Waals surface area (Å²) in [6, 6.07) is 16.1. The number of benzene rings is 2. The van der Waals surface area contributed by atoms with Crippen LogP contribution in [0.2, 0.25) is 5.02 Å². The Hall–Kier alpha value is -2.94. The summed E-state index contributed by atoms with van der Waals surface area (Å²) in [7, 11) is -3.74. The highest BCUT2D eigenvalue weighted by atomic mass is 35.5. The van der Waals surface area contributed by atoms with Gasteiger partial charge in [-0.25, -0.2) is 0 Å². The first-order valence-electron chi connectivity index (χ1n) is 10.0. The van der Waals surface area contributed by atoms with Crippen LogP contribution in [0.5, 0.6) is 0 Å². The van der Waals surface area contributed by atoms with Crippen molar-refractivity contribution < 1.29 is 18.3 Å². The first kappa shape index (κ1) is 23.7. The van der Waals surface area contributed by atoms with Gasteiger partial charge in [-0.2, -0.15) is 13.1 Å². The maximum absolute atomic E-state index is 12.3. The minimum atomic E-state index is -3.74. The number of aliphatic carboxylic acids is 1. The molecule has 32 heavy (non-hydrogen) atoms. The van der Waals surface area contributed by atoms with Gasteiger partial charge in [-0.05, 0) is 71.8 Å². The van der Waals surface area contributed by atoms with Gasteiger partial charge in [0.25, 0.3) is 10.2 Å². The third kappa shape index (κ3) is 7.96. The molecule has 7 nitrogen and oxygen atoms in total. The van der Waals surface area contributed by atoms with Crippen LogP contribution in [0.3, 0.4) is 0 Å². The van der Waals surface area contributed by atoms with Crippen LogP contribution in [-0.2, 0) is 34.3 Å². The van der Waals surface area contributed by atoms with Gasteiger partial charge >= 0.3 is 5.97 Å². The Morgan fingerprint density at radius 3 is 2.31 bits per heavy atom. The number of hydrogen-bond donors (Lipinski definition) is 3. The second kappa shape index (κ2) is 11.1. The highest BCUT2D eigenvalue weighted by molar-refractivity contribution is 7.90. The van der Waals surface area contributed by atoms with Crippen molar-refractivity contribution in [3.8, 4) is 0 Å². The highest BCUT2D eigenvalue weighted by Gasteiger charge is 2.10. The van der Waals surface area contributed by atoms with E-state index >= 15 is 0 Å². The molecule has 3 aromatic rings. The largest absolute Gasteiger partial charge is 0.481 e. The molecule has 0 aliphatic carbocycles. The Morgan fingerprint density at radius 2 is 1.66 bits per heavy atom.